The van der Waals surface area contributed by atoms with Gasteiger partial charge in [-0.1, -0.05) is 0 Å². The van der Waals surface area contributed by atoms with Crippen LogP contribution in [0.3, 0.4) is 0 Å². The predicted molar refractivity (Wildman–Crippen MR) is 76.1 cm³/mol. The summed E-state index contributed by atoms with van der Waals surface area (Å²) in [7, 11) is 0. The first-order valence-corrected chi connectivity index (χ1v) is 7.58. The van der Waals surface area contributed by atoms with E-state index in [2.05, 4.69) is 12.2 Å². The molecular formula is C15H28N2O2. The van der Waals surface area contributed by atoms with Crippen molar-refractivity contribution in [1.29, 1.82) is 0 Å². The maximum atomic E-state index is 12.3. The van der Waals surface area contributed by atoms with Crippen LogP contribution in [0.1, 0.15) is 53.4 Å². The van der Waals surface area contributed by atoms with Crippen LogP contribution in [0.4, 0.5) is 0 Å². The van der Waals surface area contributed by atoms with Gasteiger partial charge in [0.15, 0.2) is 0 Å². The van der Waals surface area contributed by atoms with E-state index in [0.29, 0.717) is 18.1 Å². The Morgan fingerprint density at radius 1 is 1.26 bits per heavy atom. The molecule has 19 heavy (non-hydrogen) atoms. The highest BCUT2D eigenvalue weighted by Crippen LogP contribution is 2.29. The molecule has 0 spiro atoms. The molecule has 2 aliphatic heterocycles. The number of fused-ring (bicyclic) bond motifs is 2. The van der Waals surface area contributed by atoms with E-state index >= 15 is 0 Å². The van der Waals surface area contributed by atoms with E-state index in [9.17, 15) is 4.79 Å². The maximum absolute atomic E-state index is 12.3. The van der Waals surface area contributed by atoms with Gasteiger partial charge in [-0.15, -0.1) is 0 Å². The number of rotatable bonds is 4. The fourth-order valence-corrected chi connectivity index (χ4v) is 3.28. The van der Waals surface area contributed by atoms with Gasteiger partial charge in [0.25, 0.3) is 0 Å². The molecule has 2 rings (SSSR count). The molecule has 2 bridgehead atoms. The van der Waals surface area contributed by atoms with Crippen molar-refractivity contribution in [1.82, 2.24) is 10.2 Å². The van der Waals surface area contributed by atoms with Crippen LogP contribution in [0.2, 0.25) is 0 Å². The standard InChI is InChI=1S/C15H28N2O2/c1-5-17(14(18)10-19-15(2,3)4)13-8-11-6-7-12(9-13)16-11/h11-13,16H,5-10H2,1-4H3. The van der Waals surface area contributed by atoms with Crippen molar-refractivity contribution in [3.63, 3.8) is 0 Å². The summed E-state index contributed by atoms with van der Waals surface area (Å²) in [6.45, 7) is 9.02. The molecule has 2 fully saturated rings. The SMILES string of the molecule is CCN(C(=O)COC(C)(C)C)C1CC2CCC(C1)N2. The fraction of sp³-hybridized carbons (Fsp3) is 0.933. The van der Waals surface area contributed by atoms with E-state index in [1.54, 1.807) is 0 Å². The van der Waals surface area contributed by atoms with Gasteiger partial charge in [0.1, 0.15) is 6.61 Å². The molecule has 2 heterocycles. The topological polar surface area (TPSA) is 41.6 Å². The minimum absolute atomic E-state index is 0.142. The second-order valence-electron chi connectivity index (χ2n) is 6.84. The van der Waals surface area contributed by atoms with E-state index in [4.69, 9.17) is 4.74 Å². The molecule has 0 radical (unpaired) electrons. The Morgan fingerprint density at radius 2 is 1.84 bits per heavy atom. The van der Waals surface area contributed by atoms with Crippen LogP contribution < -0.4 is 5.32 Å². The molecule has 2 atom stereocenters. The molecular weight excluding hydrogens is 240 g/mol. The molecule has 2 aliphatic rings. The lowest BCUT2D eigenvalue weighted by molar-refractivity contribution is -0.144. The third kappa shape index (κ3) is 3.93. The highest BCUT2D eigenvalue weighted by molar-refractivity contribution is 5.77. The number of nitrogens with zero attached hydrogens (tertiary/aromatic N) is 1. The number of nitrogens with one attached hydrogen (secondary N) is 1. The fourth-order valence-electron chi connectivity index (χ4n) is 3.28. The number of amides is 1. The number of carbonyl (C=O) groups excluding carboxylic acids is 1. The Hall–Kier alpha value is -0.610. The molecule has 2 unspecified atom stereocenters. The second-order valence-corrected chi connectivity index (χ2v) is 6.84. The van der Waals surface area contributed by atoms with Gasteiger partial charge in [-0.05, 0) is 53.4 Å². The van der Waals surface area contributed by atoms with E-state index in [-0.39, 0.29) is 18.1 Å². The van der Waals surface area contributed by atoms with Gasteiger partial charge in [-0.3, -0.25) is 4.79 Å². The molecule has 0 saturated carbocycles. The van der Waals surface area contributed by atoms with Crippen LogP contribution in [-0.2, 0) is 9.53 Å². The lowest BCUT2D eigenvalue weighted by Gasteiger charge is -2.37. The van der Waals surface area contributed by atoms with Crippen molar-refractivity contribution >= 4 is 5.91 Å². The lowest BCUT2D eigenvalue weighted by atomic mass is 9.98. The Labute approximate surface area is 116 Å². The largest absolute Gasteiger partial charge is 0.366 e. The zero-order valence-corrected chi connectivity index (χ0v) is 12.7. The van der Waals surface area contributed by atoms with Crippen LogP contribution >= 0.6 is 0 Å². The van der Waals surface area contributed by atoms with Crippen LogP contribution in [0, 0.1) is 0 Å². The predicted octanol–water partition coefficient (Wildman–Crippen LogP) is 1.93. The smallest absolute Gasteiger partial charge is 0.248 e. The van der Waals surface area contributed by atoms with Crippen molar-refractivity contribution < 1.29 is 9.53 Å². The average molecular weight is 268 g/mol. The Kier molecular flexibility index (Phi) is 4.51. The van der Waals surface area contributed by atoms with Crippen molar-refractivity contribution in [2.75, 3.05) is 13.2 Å². The molecule has 2 saturated heterocycles. The molecule has 0 aromatic rings. The molecule has 0 aromatic carbocycles. The summed E-state index contributed by atoms with van der Waals surface area (Å²) in [6.07, 6.45) is 4.74. The van der Waals surface area contributed by atoms with Gasteiger partial charge in [-0.2, -0.15) is 0 Å². The van der Waals surface area contributed by atoms with Gasteiger partial charge < -0.3 is 15.0 Å². The zero-order chi connectivity index (χ0) is 14.0. The minimum Gasteiger partial charge on any atom is -0.366 e. The number of likely N-dealkylation sites (N-methyl/N-ethyl adjacent to an activating group) is 1. The Morgan fingerprint density at radius 3 is 2.32 bits per heavy atom. The summed E-state index contributed by atoms with van der Waals surface area (Å²) in [6, 6.07) is 1.64. The van der Waals surface area contributed by atoms with Gasteiger partial charge in [-0.25, -0.2) is 0 Å². The summed E-state index contributed by atoms with van der Waals surface area (Å²) < 4.78 is 5.63. The first-order valence-electron chi connectivity index (χ1n) is 7.58. The summed E-state index contributed by atoms with van der Waals surface area (Å²) in [5.41, 5.74) is -0.248. The molecule has 4 heteroatoms. The number of hydrogen-bond acceptors (Lipinski definition) is 3. The summed E-state index contributed by atoms with van der Waals surface area (Å²) in [5, 5.41) is 3.63. The highest BCUT2D eigenvalue weighted by atomic mass is 16.5. The molecule has 1 N–H and O–H groups in total. The second kappa shape index (κ2) is 5.80. The third-order valence-corrected chi connectivity index (χ3v) is 4.18. The van der Waals surface area contributed by atoms with Crippen molar-refractivity contribution in [2.24, 2.45) is 0 Å². The van der Waals surface area contributed by atoms with E-state index < -0.39 is 0 Å². The van der Waals surface area contributed by atoms with Crippen molar-refractivity contribution in [3.05, 3.63) is 0 Å². The average Bonchev–Trinajstić information content (AvgIpc) is 2.66. The summed E-state index contributed by atoms with van der Waals surface area (Å²) >= 11 is 0. The van der Waals surface area contributed by atoms with Crippen LogP contribution in [0.15, 0.2) is 0 Å². The number of carbonyl (C=O) groups is 1. The molecule has 1 amide bonds. The zero-order valence-electron chi connectivity index (χ0n) is 12.7. The highest BCUT2D eigenvalue weighted by Gasteiger charge is 2.37. The first-order chi connectivity index (χ1) is 8.89. The summed E-state index contributed by atoms with van der Waals surface area (Å²) in [4.78, 5) is 14.4. The van der Waals surface area contributed by atoms with Crippen LogP contribution in [0.25, 0.3) is 0 Å². The molecule has 4 nitrogen and oxygen atoms in total. The molecule has 0 aromatic heterocycles. The maximum Gasteiger partial charge on any atom is 0.248 e. The number of ether oxygens (including phenoxy) is 1. The van der Waals surface area contributed by atoms with Gasteiger partial charge in [0, 0.05) is 24.7 Å². The van der Waals surface area contributed by atoms with Gasteiger partial charge in [0.2, 0.25) is 5.91 Å². The monoisotopic (exact) mass is 268 g/mol. The van der Waals surface area contributed by atoms with E-state index in [0.717, 1.165) is 19.4 Å². The quantitative estimate of drug-likeness (QED) is 0.847. The van der Waals surface area contributed by atoms with Crippen molar-refractivity contribution in [2.45, 2.75) is 77.1 Å². The number of piperidine rings is 1. The first kappa shape index (κ1) is 14.8. The van der Waals surface area contributed by atoms with Crippen LogP contribution in [0.5, 0.6) is 0 Å². The summed E-state index contributed by atoms with van der Waals surface area (Å²) in [5.74, 6) is 0.142. The van der Waals surface area contributed by atoms with Gasteiger partial charge in [0.05, 0.1) is 5.60 Å². The third-order valence-electron chi connectivity index (χ3n) is 4.18. The molecule has 110 valence electrons. The van der Waals surface area contributed by atoms with Crippen molar-refractivity contribution in [3.8, 4) is 0 Å². The van der Waals surface area contributed by atoms with E-state index in [1.165, 1.54) is 12.8 Å². The van der Waals surface area contributed by atoms with Gasteiger partial charge >= 0.3 is 0 Å². The Bertz CT molecular complexity index is 313. The number of hydrogen-bond donors (Lipinski definition) is 1. The minimum atomic E-state index is -0.248. The Balaban J connectivity index is 1.90. The normalized spacial score (nSPS) is 30.4. The van der Waals surface area contributed by atoms with E-state index in [1.807, 2.05) is 25.7 Å². The van der Waals surface area contributed by atoms with Crippen LogP contribution in [-0.4, -0.2) is 47.7 Å². The molecule has 0 aliphatic carbocycles. The lowest BCUT2D eigenvalue weighted by Crippen LogP contribution is -2.51.